The van der Waals surface area contributed by atoms with E-state index in [2.05, 4.69) is 22.4 Å². The number of amides is 1. The number of hydrogen-bond acceptors (Lipinski definition) is 4. The second kappa shape index (κ2) is 8.61. The Morgan fingerprint density at radius 1 is 1.17 bits per heavy atom. The van der Waals surface area contributed by atoms with Crippen molar-refractivity contribution in [3.8, 4) is 0 Å². The molecule has 0 bridgehead atoms. The summed E-state index contributed by atoms with van der Waals surface area (Å²) in [5, 5.41) is 10.9. The van der Waals surface area contributed by atoms with Crippen molar-refractivity contribution in [2.24, 2.45) is 0 Å². The summed E-state index contributed by atoms with van der Waals surface area (Å²) >= 11 is 5.95. The van der Waals surface area contributed by atoms with Crippen LogP contribution in [0, 0.1) is 0 Å². The highest BCUT2D eigenvalue weighted by Gasteiger charge is 2.45. The number of carboxylic acid groups (broad SMARTS) is 1. The molecule has 1 saturated heterocycles. The average molecular weight is 442 g/mol. The van der Waals surface area contributed by atoms with Crippen LogP contribution in [0.1, 0.15) is 28.8 Å². The summed E-state index contributed by atoms with van der Waals surface area (Å²) in [4.78, 5) is 27.8. The predicted molar refractivity (Wildman–Crippen MR) is 105 cm³/mol. The summed E-state index contributed by atoms with van der Waals surface area (Å²) in [6, 6.07) is 11.7. The fraction of sp³-hybridized carbons (Fsp3) is 0.350. The quantitative estimate of drug-likeness (QED) is 0.660. The fourth-order valence-electron chi connectivity index (χ4n) is 3.84. The summed E-state index contributed by atoms with van der Waals surface area (Å²) in [6.45, 7) is 2.74. The SMILES string of the molecule is O=C(O)C(F)(F)F.O=C(c1ccnc(Cl)c1)N1CC2(CCNCC2)c2ccccc21. The van der Waals surface area contributed by atoms with Crippen molar-refractivity contribution in [3.05, 3.63) is 58.9 Å². The van der Waals surface area contributed by atoms with Gasteiger partial charge in [0.15, 0.2) is 0 Å². The highest BCUT2D eigenvalue weighted by atomic mass is 35.5. The Morgan fingerprint density at radius 2 is 1.80 bits per heavy atom. The van der Waals surface area contributed by atoms with E-state index in [0.29, 0.717) is 10.7 Å². The lowest BCUT2D eigenvalue weighted by Crippen LogP contribution is -2.44. The van der Waals surface area contributed by atoms with Crippen molar-refractivity contribution in [2.75, 3.05) is 24.5 Å². The molecule has 1 amide bonds. The van der Waals surface area contributed by atoms with Gasteiger partial charge >= 0.3 is 12.1 Å². The van der Waals surface area contributed by atoms with E-state index in [4.69, 9.17) is 21.5 Å². The van der Waals surface area contributed by atoms with Crippen molar-refractivity contribution >= 4 is 29.2 Å². The van der Waals surface area contributed by atoms with E-state index in [0.717, 1.165) is 38.2 Å². The number of rotatable bonds is 1. The molecule has 3 heterocycles. The first-order valence-corrected chi connectivity index (χ1v) is 9.56. The number of para-hydroxylation sites is 1. The molecule has 160 valence electrons. The van der Waals surface area contributed by atoms with Crippen LogP contribution in [0.15, 0.2) is 42.6 Å². The van der Waals surface area contributed by atoms with E-state index < -0.39 is 12.1 Å². The van der Waals surface area contributed by atoms with Crippen LogP contribution in [-0.4, -0.2) is 47.8 Å². The number of fused-ring (bicyclic) bond motifs is 2. The number of carbonyl (C=O) groups excluding carboxylic acids is 1. The molecule has 6 nitrogen and oxygen atoms in total. The first kappa shape index (κ1) is 22.0. The monoisotopic (exact) mass is 441 g/mol. The first-order chi connectivity index (χ1) is 14.1. The van der Waals surface area contributed by atoms with Crippen LogP contribution in [0.3, 0.4) is 0 Å². The third-order valence-electron chi connectivity index (χ3n) is 5.25. The van der Waals surface area contributed by atoms with Gasteiger partial charge in [-0.1, -0.05) is 29.8 Å². The van der Waals surface area contributed by atoms with Gasteiger partial charge in [-0.2, -0.15) is 13.2 Å². The molecule has 2 aromatic rings. The summed E-state index contributed by atoms with van der Waals surface area (Å²) in [5.74, 6) is -2.76. The molecule has 0 radical (unpaired) electrons. The van der Waals surface area contributed by atoms with Gasteiger partial charge in [-0.3, -0.25) is 4.79 Å². The number of halogens is 4. The maximum atomic E-state index is 13.0. The second-order valence-electron chi connectivity index (χ2n) is 7.11. The van der Waals surface area contributed by atoms with E-state index in [9.17, 15) is 18.0 Å². The number of pyridine rings is 1. The number of benzene rings is 1. The van der Waals surface area contributed by atoms with Gasteiger partial charge in [-0.05, 0) is 49.7 Å². The minimum Gasteiger partial charge on any atom is -0.475 e. The van der Waals surface area contributed by atoms with Crippen molar-refractivity contribution in [3.63, 3.8) is 0 Å². The Morgan fingerprint density at radius 3 is 2.40 bits per heavy atom. The van der Waals surface area contributed by atoms with Crippen molar-refractivity contribution < 1.29 is 27.9 Å². The molecule has 4 rings (SSSR count). The normalized spacial score (nSPS) is 17.1. The van der Waals surface area contributed by atoms with Crippen LogP contribution in [0.2, 0.25) is 5.15 Å². The molecule has 30 heavy (non-hydrogen) atoms. The number of carbonyl (C=O) groups is 2. The third kappa shape index (κ3) is 4.57. The van der Waals surface area contributed by atoms with Crippen molar-refractivity contribution in [2.45, 2.75) is 24.4 Å². The molecule has 2 aliphatic rings. The summed E-state index contributed by atoms with van der Waals surface area (Å²) in [6.07, 6.45) is -1.38. The largest absolute Gasteiger partial charge is 0.490 e. The van der Waals surface area contributed by atoms with E-state index in [-0.39, 0.29) is 11.3 Å². The van der Waals surface area contributed by atoms with Gasteiger partial charge in [0.25, 0.3) is 5.91 Å². The number of hydrogen-bond donors (Lipinski definition) is 2. The third-order valence-corrected chi connectivity index (χ3v) is 5.46. The molecule has 1 fully saturated rings. The smallest absolute Gasteiger partial charge is 0.475 e. The maximum Gasteiger partial charge on any atom is 0.490 e. The molecule has 1 spiro atoms. The number of alkyl halides is 3. The minimum absolute atomic E-state index is 0.00263. The van der Waals surface area contributed by atoms with E-state index in [1.807, 2.05) is 17.0 Å². The molecule has 1 aromatic heterocycles. The van der Waals surface area contributed by atoms with Gasteiger partial charge < -0.3 is 15.3 Å². The number of anilines is 1. The lowest BCUT2D eigenvalue weighted by molar-refractivity contribution is -0.192. The Hall–Kier alpha value is -2.65. The second-order valence-corrected chi connectivity index (χ2v) is 7.50. The van der Waals surface area contributed by atoms with Gasteiger partial charge in [0.05, 0.1) is 0 Å². The van der Waals surface area contributed by atoms with Crippen LogP contribution in [0.25, 0.3) is 0 Å². The Balaban J connectivity index is 0.000000318. The highest BCUT2D eigenvalue weighted by molar-refractivity contribution is 6.29. The molecule has 10 heteroatoms. The van der Waals surface area contributed by atoms with Gasteiger partial charge in [-0.25, -0.2) is 9.78 Å². The van der Waals surface area contributed by atoms with Crippen LogP contribution in [-0.2, 0) is 10.2 Å². The Bertz CT molecular complexity index is 946. The number of aromatic nitrogens is 1. The van der Waals surface area contributed by atoms with E-state index >= 15 is 0 Å². The number of piperidine rings is 1. The molecule has 0 aliphatic carbocycles. The van der Waals surface area contributed by atoms with Crippen LogP contribution in [0.5, 0.6) is 0 Å². The Labute approximate surface area is 175 Å². The number of nitrogens with one attached hydrogen (secondary N) is 1. The van der Waals surface area contributed by atoms with E-state index in [1.54, 1.807) is 18.3 Å². The molecule has 2 N–H and O–H groups in total. The summed E-state index contributed by atoms with van der Waals surface area (Å²) in [5.41, 5.74) is 3.00. The van der Waals surface area contributed by atoms with Gasteiger partial charge in [0.1, 0.15) is 5.15 Å². The van der Waals surface area contributed by atoms with Gasteiger partial charge in [0, 0.05) is 29.4 Å². The Kier molecular flexibility index (Phi) is 6.33. The molecule has 0 unspecified atom stereocenters. The topological polar surface area (TPSA) is 82.5 Å². The molecular weight excluding hydrogens is 423 g/mol. The number of carboxylic acids is 1. The van der Waals surface area contributed by atoms with Gasteiger partial charge in [-0.15, -0.1) is 0 Å². The molecule has 0 saturated carbocycles. The highest BCUT2D eigenvalue weighted by Crippen LogP contribution is 2.46. The van der Waals surface area contributed by atoms with Crippen molar-refractivity contribution in [1.82, 2.24) is 10.3 Å². The maximum absolute atomic E-state index is 13.0. The zero-order valence-electron chi connectivity index (χ0n) is 15.7. The minimum atomic E-state index is -5.08. The van der Waals surface area contributed by atoms with E-state index in [1.165, 1.54) is 5.56 Å². The van der Waals surface area contributed by atoms with Crippen LogP contribution < -0.4 is 10.2 Å². The van der Waals surface area contributed by atoms with Crippen LogP contribution >= 0.6 is 11.6 Å². The van der Waals surface area contributed by atoms with Gasteiger partial charge in [0.2, 0.25) is 0 Å². The average Bonchev–Trinajstić information content (AvgIpc) is 3.02. The zero-order valence-corrected chi connectivity index (χ0v) is 16.5. The first-order valence-electron chi connectivity index (χ1n) is 9.18. The molecular formula is C20H19ClF3N3O3. The summed E-state index contributed by atoms with van der Waals surface area (Å²) < 4.78 is 31.7. The fourth-order valence-corrected chi connectivity index (χ4v) is 4.01. The lowest BCUT2D eigenvalue weighted by atomic mass is 9.75. The molecule has 2 aliphatic heterocycles. The molecule has 0 atom stereocenters. The number of nitrogens with zero attached hydrogens (tertiary/aromatic N) is 2. The van der Waals surface area contributed by atoms with Crippen LogP contribution in [0.4, 0.5) is 18.9 Å². The standard InChI is InChI=1S/C18H18ClN3O.C2HF3O2/c19-16-11-13(5-8-21-16)17(23)22-12-18(6-9-20-10-7-18)14-3-1-2-4-15(14)22;3-2(4,5)1(6)7/h1-5,8,11,20H,6-7,9-10,12H2;(H,6,7). The number of aliphatic carboxylic acids is 1. The molecule has 1 aromatic carbocycles. The zero-order chi connectivity index (χ0) is 21.9. The lowest BCUT2D eigenvalue weighted by Gasteiger charge is -2.34. The predicted octanol–water partition coefficient (Wildman–Crippen LogP) is 3.65. The van der Waals surface area contributed by atoms with Crippen molar-refractivity contribution in [1.29, 1.82) is 0 Å². The summed E-state index contributed by atoms with van der Waals surface area (Å²) in [7, 11) is 0.